The van der Waals surface area contributed by atoms with Crippen LogP contribution in [0.5, 0.6) is 0 Å². The molecular weight excluding hydrogens is 743 g/mol. The van der Waals surface area contributed by atoms with Gasteiger partial charge in [0.25, 0.3) is 0 Å². The molecule has 0 aliphatic heterocycles. The van der Waals surface area contributed by atoms with Crippen LogP contribution in [0.25, 0.3) is 44.5 Å². The summed E-state index contributed by atoms with van der Waals surface area (Å²) in [7, 11) is 0. The van der Waals surface area contributed by atoms with Gasteiger partial charge in [-0.25, -0.2) is 0 Å². The molecule has 2 aromatic carbocycles. The average Bonchev–Trinajstić information content (AvgIpc) is 3.31. The first-order valence-corrected chi connectivity index (χ1v) is 21.1. The Morgan fingerprint density at radius 3 is 2.32 bits per heavy atom. The second-order valence-electron chi connectivity index (χ2n) is 11.6. The van der Waals surface area contributed by atoms with Crippen LogP contribution >= 0.6 is 0 Å². The Morgan fingerprint density at radius 1 is 0.829 bits per heavy atom. The van der Waals surface area contributed by atoms with Crippen molar-refractivity contribution in [3.63, 3.8) is 0 Å². The Bertz CT molecular complexity index is 1740. The minimum absolute atomic E-state index is 0. The minimum Gasteiger partial charge on any atom is -0.499 e. The summed E-state index contributed by atoms with van der Waals surface area (Å²) >= 11 is -1.86. The fourth-order valence-corrected chi connectivity index (χ4v) is 8.27. The van der Waals surface area contributed by atoms with Crippen molar-refractivity contribution in [2.75, 3.05) is 0 Å². The Kier molecular flexibility index (Phi) is 9.96. The molecule has 4 nitrogen and oxygen atoms in total. The number of hydrogen-bond donors (Lipinski definition) is 0. The number of aryl methyl sites for hydroxylation is 1. The Labute approximate surface area is 259 Å². The number of fused-ring (bicyclic) bond motifs is 3. The van der Waals surface area contributed by atoms with Gasteiger partial charge in [0.1, 0.15) is 5.58 Å². The monoisotopic (exact) mass is 780 g/mol. The molecule has 0 saturated carbocycles. The quantitative estimate of drug-likeness (QED) is 0.130. The third-order valence-electron chi connectivity index (χ3n) is 6.79. The molecular formula is C35H35GeIrN3O-2. The van der Waals surface area contributed by atoms with E-state index >= 15 is 0 Å². The molecule has 41 heavy (non-hydrogen) atoms. The summed E-state index contributed by atoms with van der Waals surface area (Å²) in [5.41, 5.74) is 7.97. The van der Waals surface area contributed by atoms with E-state index in [1.165, 1.54) is 5.56 Å². The van der Waals surface area contributed by atoms with E-state index in [9.17, 15) is 0 Å². The molecule has 4 aromatic heterocycles. The first-order valence-electron chi connectivity index (χ1n) is 13.8. The normalized spacial score (nSPS) is 11.3. The number of aromatic nitrogens is 3. The second kappa shape index (κ2) is 13.2. The van der Waals surface area contributed by atoms with Gasteiger partial charge in [-0.1, -0.05) is 23.1 Å². The predicted octanol–water partition coefficient (Wildman–Crippen LogP) is 8.44. The van der Waals surface area contributed by atoms with Crippen molar-refractivity contribution in [2.45, 2.75) is 44.5 Å². The van der Waals surface area contributed by atoms with Gasteiger partial charge in [-0.05, 0) is 24.8 Å². The van der Waals surface area contributed by atoms with Gasteiger partial charge >= 0.3 is 126 Å². The molecule has 6 rings (SSSR count). The molecule has 0 spiro atoms. The maximum Gasteiger partial charge on any atom is 0.139 e. The number of nitrogens with zero attached hydrogens (tertiary/aromatic N) is 3. The zero-order chi connectivity index (χ0) is 28.3. The predicted molar refractivity (Wildman–Crippen MR) is 168 cm³/mol. The molecule has 6 heteroatoms. The van der Waals surface area contributed by atoms with E-state index < -0.39 is 13.3 Å². The first-order chi connectivity index (χ1) is 19.2. The van der Waals surface area contributed by atoms with Crippen molar-refractivity contribution in [2.24, 2.45) is 5.92 Å². The summed E-state index contributed by atoms with van der Waals surface area (Å²) in [5.74, 6) is 7.99. The van der Waals surface area contributed by atoms with Crippen LogP contribution < -0.4 is 4.40 Å². The Hall–Kier alpha value is -3.12. The van der Waals surface area contributed by atoms with Gasteiger partial charge in [-0.3, -0.25) is 4.98 Å². The fourth-order valence-electron chi connectivity index (χ4n) is 4.93. The van der Waals surface area contributed by atoms with E-state index in [-0.39, 0.29) is 20.1 Å². The summed E-state index contributed by atoms with van der Waals surface area (Å²) < 4.78 is 7.50. The summed E-state index contributed by atoms with van der Waals surface area (Å²) in [6.07, 6.45) is 6.82. The van der Waals surface area contributed by atoms with Gasteiger partial charge in [0.05, 0.1) is 11.8 Å². The van der Waals surface area contributed by atoms with Crippen LogP contribution in [0.15, 0.2) is 89.7 Å². The van der Waals surface area contributed by atoms with Crippen LogP contribution in [-0.2, 0) is 26.5 Å². The molecule has 0 N–H and O–H groups in total. The molecule has 0 amide bonds. The third kappa shape index (κ3) is 7.21. The summed E-state index contributed by atoms with van der Waals surface area (Å²) in [5, 5.41) is 2.16. The maximum atomic E-state index is 5.96. The average molecular weight is 779 g/mol. The molecule has 0 aliphatic rings. The van der Waals surface area contributed by atoms with Gasteiger partial charge in [0.2, 0.25) is 0 Å². The van der Waals surface area contributed by atoms with E-state index in [2.05, 4.69) is 71.5 Å². The van der Waals surface area contributed by atoms with E-state index in [0.717, 1.165) is 56.6 Å². The van der Waals surface area contributed by atoms with Gasteiger partial charge in [-0.2, -0.15) is 0 Å². The SMILES string of the molecule is CC(C)Cc1cc(-c2[c-]cccc2)nc[c]1[Ge]([CH3])([CH3])[CH3].Cc1cc2c(cn1)oc1c(-c3ccccn3)[c-]ccc12.[Ir]. The van der Waals surface area contributed by atoms with Crippen LogP contribution in [0, 0.1) is 25.0 Å². The summed E-state index contributed by atoms with van der Waals surface area (Å²) in [4.78, 5) is 13.4. The molecule has 6 aromatic rings. The van der Waals surface area contributed by atoms with E-state index in [1.54, 1.807) is 16.8 Å². The minimum atomic E-state index is -1.86. The molecule has 0 bridgehead atoms. The largest absolute Gasteiger partial charge is 0.499 e. The topological polar surface area (TPSA) is 51.8 Å². The van der Waals surface area contributed by atoms with Gasteiger partial charge in [0, 0.05) is 37.4 Å². The molecule has 0 aliphatic carbocycles. The van der Waals surface area contributed by atoms with Crippen LogP contribution in [0.2, 0.25) is 17.3 Å². The number of furan rings is 1. The van der Waals surface area contributed by atoms with Crippen LogP contribution in [-0.4, -0.2) is 28.2 Å². The summed E-state index contributed by atoms with van der Waals surface area (Å²) in [6, 6.07) is 28.7. The molecule has 1 radical (unpaired) electrons. The number of hydrogen-bond acceptors (Lipinski definition) is 4. The number of benzene rings is 2. The molecule has 211 valence electrons. The molecule has 4 heterocycles. The van der Waals surface area contributed by atoms with Crippen LogP contribution in [0.4, 0.5) is 0 Å². The van der Waals surface area contributed by atoms with E-state index in [0.29, 0.717) is 5.92 Å². The van der Waals surface area contributed by atoms with E-state index in [4.69, 9.17) is 9.40 Å². The summed E-state index contributed by atoms with van der Waals surface area (Å²) in [6.45, 7) is 6.55. The van der Waals surface area contributed by atoms with Crippen molar-refractivity contribution in [3.8, 4) is 22.5 Å². The first kappa shape index (κ1) is 30.8. The standard InChI is InChI=1S/C18H24GeN.C17H11N2O.Ir/c1-14(2)11-16-12-18(15-9-7-6-8-10-15)20-13-17(16)19(3,4)5;1-11-9-14-12-5-4-6-13(15-7-2-3-8-18-15)17(12)20-16(14)10-19-11;/h6-9,12-14H,11H2,1-5H3;2-5,7-10H,1H3;/q2*-1;. The Morgan fingerprint density at radius 2 is 1.63 bits per heavy atom. The number of pyridine rings is 3. The molecule has 0 atom stereocenters. The molecule has 0 saturated heterocycles. The second-order valence-corrected chi connectivity index (χ2v) is 22.2. The number of rotatable bonds is 5. The zero-order valence-corrected chi connectivity index (χ0v) is 28.9. The van der Waals surface area contributed by atoms with Crippen LogP contribution in [0.1, 0.15) is 25.1 Å². The molecule has 0 fully saturated rings. The fraction of sp³-hybridized carbons (Fsp3) is 0.229. The van der Waals surface area contributed by atoms with Crippen molar-refractivity contribution < 1.29 is 24.5 Å². The van der Waals surface area contributed by atoms with Crippen molar-refractivity contribution in [1.29, 1.82) is 0 Å². The van der Waals surface area contributed by atoms with E-state index in [1.807, 2.05) is 61.5 Å². The Balaban J connectivity index is 0.000000184. The van der Waals surface area contributed by atoms with Crippen molar-refractivity contribution in [1.82, 2.24) is 15.0 Å². The van der Waals surface area contributed by atoms with Crippen molar-refractivity contribution in [3.05, 3.63) is 109 Å². The maximum absolute atomic E-state index is 5.96. The third-order valence-corrected chi connectivity index (χ3v) is 11.1. The smallest absolute Gasteiger partial charge is 0.139 e. The van der Waals surface area contributed by atoms with Gasteiger partial charge in [-0.15, -0.1) is 18.2 Å². The zero-order valence-electron chi connectivity index (χ0n) is 24.5. The van der Waals surface area contributed by atoms with Gasteiger partial charge < -0.3 is 9.40 Å². The van der Waals surface area contributed by atoms with Crippen molar-refractivity contribution >= 4 is 39.6 Å². The van der Waals surface area contributed by atoms with Gasteiger partial charge in [0.15, 0.2) is 0 Å². The molecule has 0 unspecified atom stereocenters. The van der Waals surface area contributed by atoms with Crippen LogP contribution in [0.3, 0.4) is 0 Å².